The first kappa shape index (κ1) is 21.8. The molecule has 0 bridgehead atoms. The summed E-state index contributed by atoms with van der Waals surface area (Å²) < 4.78 is 28.0. The van der Waals surface area contributed by atoms with Gasteiger partial charge < -0.3 is 24.5 Å². The van der Waals surface area contributed by atoms with Crippen molar-refractivity contribution in [3.05, 3.63) is 53.5 Å². The second-order valence-corrected chi connectivity index (χ2v) is 10.2. The molecule has 2 heterocycles. The number of ether oxygens (including phenoxy) is 2. The Kier molecular flexibility index (Phi) is 4.94. The molecule has 1 amide bonds. The second-order valence-electron chi connectivity index (χ2n) is 10.2. The molecular weight excluding hydrogens is 423 g/mol. The Balaban J connectivity index is 1.49. The predicted molar refractivity (Wildman–Crippen MR) is 124 cm³/mol. The van der Waals surface area contributed by atoms with Gasteiger partial charge in [0.1, 0.15) is 5.82 Å². The van der Waals surface area contributed by atoms with E-state index < -0.39 is 11.2 Å². The highest BCUT2D eigenvalue weighted by molar-refractivity contribution is 6.02. The molecule has 5 rings (SSSR count). The molecule has 2 N–H and O–H groups in total. The number of aliphatic hydroxyl groups excluding tert-OH is 1. The molecule has 1 saturated carbocycles. The lowest BCUT2D eigenvalue weighted by atomic mass is 9.91. The van der Waals surface area contributed by atoms with Gasteiger partial charge in [0.25, 0.3) is 0 Å². The Bertz CT molecular complexity index is 1250. The molecule has 2 aromatic carbocycles. The summed E-state index contributed by atoms with van der Waals surface area (Å²) in [7, 11) is 0. The number of carbonyl (C=O) groups is 1. The number of rotatable bonds is 5. The Hall–Kier alpha value is -3.06. The number of hydrogen-bond acceptors (Lipinski definition) is 4. The van der Waals surface area contributed by atoms with Gasteiger partial charge in [0, 0.05) is 22.6 Å². The fourth-order valence-electron chi connectivity index (χ4n) is 4.69. The van der Waals surface area contributed by atoms with Crippen LogP contribution in [-0.2, 0) is 15.6 Å². The van der Waals surface area contributed by atoms with Crippen LogP contribution in [0, 0.1) is 5.82 Å². The van der Waals surface area contributed by atoms with E-state index in [-0.39, 0.29) is 36.5 Å². The average Bonchev–Trinajstić information content (AvgIpc) is 3.30. The minimum atomic E-state index is -0.684. The Morgan fingerprint density at radius 1 is 1.18 bits per heavy atom. The zero-order valence-electron chi connectivity index (χ0n) is 19.4. The van der Waals surface area contributed by atoms with Gasteiger partial charge in [-0.2, -0.15) is 0 Å². The van der Waals surface area contributed by atoms with Crippen molar-refractivity contribution in [1.29, 1.82) is 0 Å². The predicted octanol–water partition coefficient (Wildman–Crippen LogP) is 5.03. The van der Waals surface area contributed by atoms with Gasteiger partial charge in [-0.05, 0) is 49.6 Å². The van der Waals surface area contributed by atoms with E-state index in [9.17, 15) is 9.90 Å². The van der Waals surface area contributed by atoms with Crippen LogP contribution in [0.1, 0.15) is 57.8 Å². The third kappa shape index (κ3) is 3.55. The summed E-state index contributed by atoms with van der Waals surface area (Å²) in [6.45, 7) is 8.29. The minimum absolute atomic E-state index is 0.0506. The van der Waals surface area contributed by atoms with Gasteiger partial charge in [-0.1, -0.05) is 26.8 Å². The van der Waals surface area contributed by atoms with Crippen molar-refractivity contribution in [2.75, 3.05) is 18.7 Å². The number of amides is 1. The zero-order valence-corrected chi connectivity index (χ0v) is 19.4. The molecule has 1 aliphatic heterocycles. The van der Waals surface area contributed by atoms with E-state index in [1.165, 1.54) is 6.07 Å². The van der Waals surface area contributed by atoms with Crippen LogP contribution in [0.3, 0.4) is 0 Å². The van der Waals surface area contributed by atoms with E-state index in [0.29, 0.717) is 29.9 Å². The molecule has 7 heteroatoms. The van der Waals surface area contributed by atoms with E-state index in [1.807, 2.05) is 35.8 Å². The van der Waals surface area contributed by atoms with Crippen molar-refractivity contribution < 1.29 is 23.8 Å². The van der Waals surface area contributed by atoms with Crippen LogP contribution in [0.15, 0.2) is 36.4 Å². The number of benzene rings is 2. The summed E-state index contributed by atoms with van der Waals surface area (Å²) in [6.07, 6.45) is 1.39. The molecule has 3 aromatic rings. The molecule has 2 aliphatic rings. The quantitative estimate of drug-likeness (QED) is 0.570. The lowest BCUT2D eigenvalue weighted by molar-refractivity contribution is -0.118. The van der Waals surface area contributed by atoms with Crippen LogP contribution >= 0.6 is 0 Å². The van der Waals surface area contributed by atoms with E-state index in [2.05, 4.69) is 26.1 Å². The highest BCUT2D eigenvalue weighted by Gasteiger charge is 2.52. The van der Waals surface area contributed by atoms with Gasteiger partial charge in [0.2, 0.25) is 12.7 Å². The number of aromatic nitrogens is 1. The first-order valence-corrected chi connectivity index (χ1v) is 11.3. The number of nitrogens with zero attached hydrogens (tertiary/aromatic N) is 1. The third-order valence-corrected chi connectivity index (χ3v) is 6.76. The number of nitrogens with one attached hydrogen (secondary N) is 1. The number of halogens is 1. The highest BCUT2D eigenvalue weighted by Crippen LogP contribution is 2.51. The van der Waals surface area contributed by atoms with E-state index in [1.54, 1.807) is 6.07 Å². The number of aliphatic hydroxyl groups is 1. The summed E-state index contributed by atoms with van der Waals surface area (Å²) in [5, 5.41) is 13.4. The van der Waals surface area contributed by atoms with Crippen LogP contribution in [0.25, 0.3) is 10.9 Å². The molecule has 6 nitrogen and oxygen atoms in total. The third-order valence-electron chi connectivity index (χ3n) is 6.76. The molecule has 0 saturated heterocycles. The van der Waals surface area contributed by atoms with Crippen molar-refractivity contribution in [1.82, 2.24) is 4.57 Å². The largest absolute Gasteiger partial charge is 0.454 e. The molecule has 1 atom stereocenters. The van der Waals surface area contributed by atoms with E-state index in [0.717, 1.165) is 16.6 Å². The normalized spacial score (nSPS) is 17.3. The molecule has 1 aliphatic carbocycles. The smallest absolute Gasteiger partial charge is 0.235 e. The van der Waals surface area contributed by atoms with Crippen LogP contribution < -0.4 is 14.8 Å². The Morgan fingerprint density at radius 2 is 1.91 bits per heavy atom. The maximum atomic E-state index is 15.2. The van der Waals surface area contributed by atoms with E-state index >= 15 is 4.39 Å². The summed E-state index contributed by atoms with van der Waals surface area (Å²) in [5.41, 5.74) is 1.84. The van der Waals surface area contributed by atoms with Crippen LogP contribution in [0.4, 0.5) is 10.1 Å². The first-order chi connectivity index (χ1) is 15.6. The van der Waals surface area contributed by atoms with Crippen molar-refractivity contribution in [3.63, 3.8) is 0 Å². The van der Waals surface area contributed by atoms with Gasteiger partial charge in [-0.25, -0.2) is 4.39 Å². The summed E-state index contributed by atoms with van der Waals surface area (Å²) in [4.78, 5) is 13.3. The summed E-state index contributed by atoms with van der Waals surface area (Å²) >= 11 is 0. The van der Waals surface area contributed by atoms with Crippen molar-refractivity contribution >= 4 is 22.5 Å². The standard InChI is InChI=1S/C26H29FN2O4/c1-15(13-30)29-20-12-18(27)19(9-16(20)10-23(29)25(2,3)4)28-24(31)26(7-8-26)17-5-6-21-22(11-17)33-14-32-21/h5-6,9-12,15,30H,7-8,13-14H2,1-4H3,(H,28,31). The number of fused-ring (bicyclic) bond motifs is 2. The highest BCUT2D eigenvalue weighted by atomic mass is 19.1. The van der Waals surface area contributed by atoms with Gasteiger partial charge in [0.05, 0.1) is 29.3 Å². The van der Waals surface area contributed by atoms with Crippen LogP contribution in [0.2, 0.25) is 0 Å². The number of hydrogen-bond donors (Lipinski definition) is 2. The molecule has 33 heavy (non-hydrogen) atoms. The summed E-state index contributed by atoms with van der Waals surface area (Å²) in [6, 6.07) is 10.5. The fraction of sp³-hybridized carbons (Fsp3) is 0.423. The summed E-state index contributed by atoms with van der Waals surface area (Å²) in [5.74, 6) is 0.581. The van der Waals surface area contributed by atoms with Crippen molar-refractivity contribution in [3.8, 4) is 11.5 Å². The SMILES string of the molecule is CC(CO)n1c(C(C)(C)C)cc2cc(NC(=O)C3(c4ccc5c(c4)OCO5)CC3)c(F)cc21. The maximum Gasteiger partial charge on any atom is 0.235 e. The zero-order chi connectivity index (χ0) is 23.5. The van der Waals surface area contributed by atoms with Crippen molar-refractivity contribution in [2.45, 2.75) is 57.4 Å². The average molecular weight is 453 g/mol. The van der Waals surface area contributed by atoms with Gasteiger partial charge in [-0.3, -0.25) is 4.79 Å². The van der Waals surface area contributed by atoms with Crippen LogP contribution in [-0.4, -0.2) is 29.0 Å². The Morgan fingerprint density at radius 3 is 2.58 bits per heavy atom. The van der Waals surface area contributed by atoms with Crippen LogP contribution in [0.5, 0.6) is 11.5 Å². The lowest BCUT2D eigenvalue weighted by Crippen LogP contribution is -2.28. The Labute approximate surface area is 192 Å². The maximum absolute atomic E-state index is 15.2. The van der Waals surface area contributed by atoms with E-state index in [4.69, 9.17) is 9.47 Å². The molecule has 174 valence electrons. The lowest BCUT2D eigenvalue weighted by Gasteiger charge is -2.25. The molecule has 0 radical (unpaired) electrons. The fourth-order valence-corrected chi connectivity index (χ4v) is 4.69. The second kappa shape index (κ2) is 7.48. The topological polar surface area (TPSA) is 72.7 Å². The number of anilines is 1. The molecule has 1 aromatic heterocycles. The number of carbonyl (C=O) groups excluding carboxylic acids is 1. The van der Waals surface area contributed by atoms with Gasteiger partial charge in [0.15, 0.2) is 11.5 Å². The van der Waals surface area contributed by atoms with Gasteiger partial charge >= 0.3 is 0 Å². The molecule has 1 unspecified atom stereocenters. The van der Waals surface area contributed by atoms with Crippen molar-refractivity contribution in [2.24, 2.45) is 0 Å². The van der Waals surface area contributed by atoms with Gasteiger partial charge in [-0.15, -0.1) is 0 Å². The molecule has 0 spiro atoms. The first-order valence-electron chi connectivity index (χ1n) is 11.3. The molecular formula is C26H29FN2O4. The molecule has 1 fully saturated rings. The monoisotopic (exact) mass is 452 g/mol. The minimum Gasteiger partial charge on any atom is -0.454 e.